The van der Waals surface area contributed by atoms with Crippen LogP contribution in [-0.4, -0.2) is 0 Å². The number of hydrogen-bond acceptors (Lipinski definition) is 2. The number of fused-ring (bicyclic) bond motifs is 1. The second kappa shape index (κ2) is 4.85. The molecule has 0 aliphatic heterocycles. The average molecular weight is 285 g/mol. The zero-order chi connectivity index (χ0) is 14.3. The van der Waals surface area contributed by atoms with Crippen molar-refractivity contribution in [1.82, 2.24) is 0 Å². The maximum absolute atomic E-state index is 13.6. The van der Waals surface area contributed by atoms with Crippen LogP contribution in [0.2, 0.25) is 0 Å². The normalized spacial score (nSPS) is 17.9. The molecule has 0 spiro atoms. The highest BCUT2D eigenvalue weighted by molar-refractivity contribution is 5.50. The number of nitrogens with one attached hydrogen (secondary N) is 1. The second-order valence-corrected chi connectivity index (χ2v) is 4.73. The predicted molar refractivity (Wildman–Crippen MR) is 64.3 cm³/mol. The highest BCUT2D eigenvalue weighted by Gasteiger charge is 2.26. The highest BCUT2D eigenvalue weighted by atomic mass is 19.2. The Kier molecular flexibility index (Phi) is 3.16. The molecule has 0 saturated heterocycles. The van der Waals surface area contributed by atoms with Crippen LogP contribution in [0.15, 0.2) is 22.8 Å². The van der Waals surface area contributed by atoms with Crippen LogP contribution in [0, 0.1) is 23.3 Å². The third kappa shape index (κ3) is 2.05. The molecular formula is C14H11F4NO. The van der Waals surface area contributed by atoms with E-state index in [9.17, 15) is 17.6 Å². The zero-order valence-corrected chi connectivity index (χ0v) is 10.4. The third-order valence-electron chi connectivity index (χ3n) is 3.48. The summed E-state index contributed by atoms with van der Waals surface area (Å²) in [6.07, 6.45) is 3.59. The fourth-order valence-corrected chi connectivity index (χ4v) is 2.51. The first-order valence-corrected chi connectivity index (χ1v) is 6.23. The molecule has 106 valence electrons. The summed E-state index contributed by atoms with van der Waals surface area (Å²) >= 11 is 0. The SMILES string of the molecule is Fc1cc(F)c(F)c(NC2CCCc3occc32)c1F. The van der Waals surface area contributed by atoms with Crippen LogP contribution in [0.4, 0.5) is 23.2 Å². The van der Waals surface area contributed by atoms with Gasteiger partial charge in [0, 0.05) is 18.1 Å². The van der Waals surface area contributed by atoms with Crippen molar-refractivity contribution in [3.8, 4) is 0 Å². The average Bonchev–Trinajstić information content (AvgIpc) is 2.90. The smallest absolute Gasteiger partial charge is 0.185 e. The standard InChI is InChI=1S/C14H11F4NO/c15-8-6-9(16)13(18)14(12(8)17)19-10-2-1-3-11-7(10)4-5-20-11/h4-6,10,19H,1-3H2. The topological polar surface area (TPSA) is 25.2 Å². The van der Waals surface area contributed by atoms with Gasteiger partial charge in [0.15, 0.2) is 23.3 Å². The molecule has 0 fully saturated rings. The Labute approximate surface area is 112 Å². The van der Waals surface area contributed by atoms with Crippen LogP contribution >= 0.6 is 0 Å². The molecule has 1 heterocycles. The molecule has 1 aromatic carbocycles. The summed E-state index contributed by atoms with van der Waals surface area (Å²) in [5, 5.41) is 2.55. The number of anilines is 1. The van der Waals surface area contributed by atoms with E-state index in [1.807, 2.05) is 0 Å². The molecule has 2 aromatic rings. The Hall–Kier alpha value is -1.98. The fraction of sp³-hybridized carbons (Fsp3) is 0.286. The quantitative estimate of drug-likeness (QED) is 0.656. The van der Waals surface area contributed by atoms with Gasteiger partial charge in [-0.2, -0.15) is 0 Å². The lowest BCUT2D eigenvalue weighted by Crippen LogP contribution is -2.18. The largest absolute Gasteiger partial charge is 0.469 e. The van der Waals surface area contributed by atoms with Gasteiger partial charge in [0.1, 0.15) is 11.4 Å². The first-order valence-electron chi connectivity index (χ1n) is 6.23. The van der Waals surface area contributed by atoms with Gasteiger partial charge in [-0.3, -0.25) is 0 Å². The van der Waals surface area contributed by atoms with Crippen molar-refractivity contribution in [2.75, 3.05) is 5.32 Å². The predicted octanol–water partition coefficient (Wildman–Crippen LogP) is 4.33. The van der Waals surface area contributed by atoms with Gasteiger partial charge in [0.2, 0.25) is 0 Å². The van der Waals surface area contributed by atoms with Gasteiger partial charge in [0.05, 0.1) is 12.3 Å². The maximum atomic E-state index is 13.6. The number of benzene rings is 1. The highest BCUT2D eigenvalue weighted by Crippen LogP contribution is 2.35. The van der Waals surface area contributed by atoms with E-state index in [0.717, 1.165) is 24.2 Å². The third-order valence-corrected chi connectivity index (χ3v) is 3.48. The van der Waals surface area contributed by atoms with E-state index in [1.54, 1.807) is 6.07 Å². The molecule has 1 unspecified atom stereocenters. The minimum absolute atomic E-state index is 0.194. The Bertz CT molecular complexity index is 627. The van der Waals surface area contributed by atoms with Gasteiger partial charge >= 0.3 is 0 Å². The second-order valence-electron chi connectivity index (χ2n) is 4.73. The monoisotopic (exact) mass is 285 g/mol. The molecule has 1 aliphatic rings. The summed E-state index contributed by atoms with van der Waals surface area (Å²) < 4.78 is 58.9. The van der Waals surface area contributed by atoms with Crippen molar-refractivity contribution in [3.63, 3.8) is 0 Å². The Balaban J connectivity index is 1.98. The van der Waals surface area contributed by atoms with E-state index < -0.39 is 35.0 Å². The fourth-order valence-electron chi connectivity index (χ4n) is 2.51. The van der Waals surface area contributed by atoms with Crippen LogP contribution in [0.1, 0.15) is 30.2 Å². The minimum Gasteiger partial charge on any atom is -0.469 e. The van der Waals surface area contributed by atoms with E-state index in [2.05, 4.69) is 5.32 Å². The van der Waals surface area contributed by atoms with E-state index in [1.165, 1.54) is 6.26 Å². The lowest BCUT2D eigenvalue weighted by molar-refractivity contribution is 0.445. The Morgan fingerprint density at radius 3 is 2.50 bits per heavy atom. The van der Waals surface area contributed by atoms with Crippen LogP contribution in [0.3, 0.4) is 0 Å². The van der Waals surface area contributed by atoms with Gasteiger partial charge in [-0.05, 0) is 18.9 Å². The summed E-state index contributed by atoms with van der Waals surface area (Å²) in [5.74, 6) is -4.95. The van der Waals surface area contributed by atoms with Crippen molar-refractivity contribution in [1.29, 1.82) is 0 Å². The van der Waals surface area contributed by atoms with Crippen molar-refractivity contribution >= 4 is 5.69 Å². The molecule has 0 bridgehead atoms. The van der Waals surface area contributed by atoms with E-state index >= 15 is 0 Å². The van der Waals surface area contributed by atoms with Gasteiger partial charge in [-0.25, -0.2) is 17.6 Å². The lowest BCUT2D eigenvalue weighted by Gasteiger charge is -2.24. The summed E-state index contributed by atoms with van der Waals surface area (Å²) in [6.45, 7) is 0. The van der Waals surface area contributed by atoms with Crippen molar-refractivity contribution in [3.05, 3.63) is 53.0 Å². The first-order chi connectivity index (χ1) is 9.58. The van der Waals surface area contributed by atoms with Gasteiger partial charge in [0.25, 0.3) is 0 Å². The van der Waals surface area contributed by atoms with Crippen molar-refractivity contribution in [2.24, 2.45) is 0 Å². The van der Waals surface area contributed by atoms with E-state index in [-0.39, 0.29) is 6.07 Å². The number of halogens is 4. The summed E-state index contributed by atoms with van der Waals surface area (Å²) in [7, 11) is 0. The Morgan fingerprint density at radius 2 is 1.80 bits per heavy atom. The summed E-state index contributed by atoms with van der Waals surface area (Å²) in [6, 6.07) is 1.46. The van der Waals surface area contributed by atoms with Gasteiger partial charge in [-0.15, -0.1) is 0 Å². The number of aryl methyl sites for hydroxylation is 1. The molecule has 0 saturated carbocycles. The number of hydrogen-bond donors (Lipinski definition) is 1. The van der Waals surface area contributed by atoms with Crippen molar-refractivity contribution < 1.29 is 22.0 Å². The molecule has 0 amide bonds. The van der Waals surface area contributed by atoms with E-state index in [4.69, 9.17) is 4.42 Å². The first kappa shape index (κ1) is 13.0. The molecular weight excluding hydrogens is 274 g/mol. The van der Waals surface area contributed by atoms with Crippen LogP contribution in [0.25, 0.3) is 0 Å². The zero-order valence-electron chi connectivity index (χ0n) is 10.4. The maximum Gasteiger partial charge on any atom is 0.185 e. The lowest BCUT2D eigenvalue weighted by atomic mass is 9.93. The molecule has 2 nitrogen and oxygen atoms in total. The molecule has 1 aromatic heterocycles. The molecule has 20 heavy (non-hydrogen) atoms. The molecule has 3 rings (SSSR count). The van der Waals surface area contributed by atoms with E-state index in [0.29, 0.717) is 6.42 Å². The molecule has 1 aliphatic carbocycles. The van der Waals surface area contributed by atoms with Crippen LogP contribution in [0.5, 0.6) is 0 Å². The Morgan fingerprint density at radius 1 is 1.10 bits per heavy atom. The van der Waals surface area contributed by atoms with Gasteiger partial charge < -0.3 is 9.73 Å². The van der Waals surface area contributed by atoms with Crippen molar-refractivity contribution in [2.45, 2.75) is 25.3 Å². The summed E-state index contributed by atoms with van der Waals surface area (Å²) in [4.78, 5) is 0. The molecule has 1 N–H and O–H groups in total. The molecule has 1 atom stereocenters. The molecule has 0 radical (unpaired) electrons. The van der Waals surface area contributed by atoms with Crippen LogP contribution < -0.4 is 5.32 Å². The number of furan rings is 1. The van der Waals surface area contributed by atoms with Gasteiger partial charge in [-0.1, -0.05) is 0 Å². The number of rotatable bonds is 2. The minimum atomic E-state index is -1.42. The molecule has 6 heteroatoms. The summed E-state index contributed by atoms with van der Waals surface area (Å²) in [5.41, 5.74) is -0.0127. The van der Waals surface area contributed by atoms with Crippen LogP contribution in [-0.2, 0) is 6.42 Å².